The van der Waals surface area contributed by atoms with Crippen molar-refractivity contribution in [2.45, 2.75) is 19.3 Å². The molecule has 0 bridgehead atoms. The highest BCUT2D eigenvalue weighted by Gasteiger charge is 2.17. The van der Waals surface area contributed by atoms with Crippen LogP contribution < -0.4 is 0 Å². The van der Waals surface area contributed by atoms with E-state index in [0.717, 1.165) is 11.1 Å². The maximum absolute atomic E-state index is 12.4. The first-order chi connectivity index (χ1) is 7.20. The van der Waals surface area contributed by atoms with E-state index in [1.807, 2.05) is 6.07 Å². The molecule has 3 heteroatoms. The van der Waals surface area contributed by atoms with Crippen molar-refractivity contribution in [3.63, 3.8) is 0 Å². The summed E-state index contributed by atoms with van der Waals surface area (Å²) in [5.41, 5.74) is 2.57. The smallest absolute Gasteiger partial charge is 0.205 e. The number of fused-ring (bicyclic) bond motifs is 1. The van der Waals surface area contributed by atoms with E-state index in [1.165, 1.54) is 6.08 Å². The number of rotatable bonds is 1. The van der Waals surface area contributed by atoms with Gasteiger partial charge < -0.3 is 0 Å². The van der Waals surface area contributed by atoms with E-state index in [2.05, 4.69) is 0 Å². The SMILES string of the molecule is N#Cc1ccc2c(c1)CCC(C(F)F)=C2. The molecule has 0 saturated carbocycles. The average molecular weight is 205 g/mol. The van der Waals surface area contributed by atoms with Crippen molar-refractivity contribution in [3.05, 3.63) is 40.5 Å². The number of nitriles is 1. The maximum Gasteiger partial charge on any atom is 0.260 e. The average Bonchev–Trinajstić information content (AvgIpc) is 2.27. The summed E-state index contributed by atoms with van der Waals surface area (Å²) >= 11 is 0. The van der Waals surface area contributed by atoms with Gasteiger partial charge in [0.25, 0.3) is 6.43 Å². The van der Waals surface area contributed by atoms with Crippen LogP contribution in [-0.2, 0) is 6.42 Å². The van der Waals surface area contributed by atoms with Crippen LogP contribution in [-0.4, -0.2) is 6.43 Å². The van der Waals surface area contributed by atoms with E-state index >= 15 is 0 Å². The zero-order chi connectivity index (χ0) is 10.8. The van der Waals surface area contributed by atoms with Crippen LogP contribution in [0.3, 0.4) is 0 Å². The van der Waals surface area contributed by atoms with E-state index in [-0.39, 0.29) is 5.57 Å². The van der Waals surface area contributed by atoms with Gasteiger partial charge in [-0.3, -0.25) is 0 Å². The lowest BCUT2D eigenvalue weighted by molar-refractivity contribution is 0.186. The van der Waals surface area contributed by atoms with Crippen LogP contribution in [0.5, 0.6) is 0 Å². The van der Waals surface area contributed by atoms with Crippen molar-refractivity contribution in [1.29, 1.82) is 5.26 Å². The molecule has 1 aromatic carbocycles. The quantitative estimate of drug-likeness (QED) is 0.690. The molecule has 0 saturated heterocycles. The molecule has 1 nitrogen and oxygen atoms in total. The molecule has 0 fully saturated rings. The van der Waals surface area contributed by atoms with Gasteiger partial charge in [-0.1, -0.05) is 6.07 Å². The molecule has 0 atom stereocenters. The van der Waals surface area contributed by atoms with Gasteiger partial charge in [0, 0.05) is 0 Å². The van der Waals surface area contributed by atoms with E-state index in [4.69, 9.17) is 5.26 Å². The van der Waals surface area contributed by atoms with Crippen LogP contribution in [0.15, 0.2) is 23.8 Å². The van der Waals surface area contributed by atoms with Gasteiger partial charge in [-0.05, 0) is 47.8 Å². The van der Waals surface area contributed by atoms with Crippen LogP contribution in [0.25, 0.3) is 6.08 Å². The van der Waals surface area contributed by atoms with Gasteiger partial charge in [-0.25, -0.2) is 8.78 Å². The third kappa shape index (κ3) is 1.89. The Kier molecular flexibility index (Phi) is 2.51. The monoisotopic (exact) mass is 205 g/mol. The zero-order valence-electron chi connectivity index (χ0n) is 8.00. The minimum Gasteiger partial charge on any atom is -0.205 e. The molecule has 0 aliphatic heterocycles. The number of nitrogens with zero attached hydrogens (tertiary/aromatic N) is 1. The third-order valence-corrected chi connectivity index (χ3v) is 2.58. The predicted molar refractivity (Wildman–Crippen MR) is 53.5 cm³/mol. The van der Waals surface area contributed by atoms with Gasteiger partial charge in [-0.2, -0.15) is 5.26 Å². The Morgan fingerprint density at radius 3 is 2.73 bits per heavy atom. The predicted octanol–water partition coefficient (Wildman–Crippen LogP) is 3.15. The Hall–Kier alpha value is -1.69. The molecule has 0 spiro atoms. The Balaban J connectivity index is 2.41. The Morgan fingerprint density at radius 2 is 2.07 bits per heavy atom. The summed E-state index contributed by atoms with van der Waals surface area (Å²) < 4.78 is 24.9. The minimum absolute atomic E-state index is 0.187. The summed E-state index contributed by atoms with van der Waals surface area (Å²) in [6.45, 7) is 0. The Morgan fingerprint density at radius 1 is 1.27 bits per heavy atom. The lowest BCUT2D eigenvalue weighted by atomic mass is 9.91. The largest absolute Gasteiger partial charge is 0.260 e. The van der Waals surface area contributed by atoms with Gasteiger partial charge >= 0.3 is 0 Å². The fourth-order valence-corrected chi connectivity index (χ4v) is 1.76. The standard InChI is InChI=1S/C12H9F2N/c13-12(14)11-4-3-9-5-8(7-15)1-2-10(9)6-11/h1-2,5-6,12H,3-4H2. The molecule has 0 N–H and O–H groups in total. The van der Waals surface area contributed by atoms with Crippen LogP contribution >= 0.6 is 0 Å². The van der Waals surface area contributed by atoms with Crippen LogP contribution in [0, 0.1) is 11.3 Å². The zero-order valence-corrected chi connectivity index (χ0v) is 8.00. The fraction of sp³-hybridized carbons (Fsp3) is 0.250. The molecule has 0 amide bonds. The number of halogens is 2. The highest BCUT2D eigenvalue weighted by molar-refractivity contribution is 5.61. The maximum atomic E-state index is 12.4. The lowest BCUT2D eigenvalue weighted by Crippen LogP contribution is -2.05. The summed E-state index contributed by atoms with van der Waals surface area (Å²) in [7, 11) is 0. The number of hydrogen-bond acceptors (Lipinski definition) is 1. The molecule has 1 aromatic rings. The number of benzene rings is 1. The summed E-state index contributed by atoms with van der Waals surface area (Å²) in [6.07, 6.45) is 0.152. The second kappa shape index (κ2) is 3.82. The van der Waals surface area contributed by atoms with Gasteiger partial charge in [0.15, 0.2) is 0 Å². The fourth-order valence-electron chi connectivity index (χ4n) is 1.76. The number of allylic oxidation sites excluding steroid dienone is 1. The summed E-state index contributed by atoms with van der Waals surface area (Å²) in [5, 5.41) is 8.69. The molecular weight excluding hydrogens is 196 g/mol. The first-order valence-electron chi connectivity index (χ1n) is 4.72. The van der Waals surface area contributed by atoms with Gasteiger partial charge in [0.2, 0.25) is 0 Å². The van der Waals surface area contributed by atoms with Crippen LogP contribution in [0.2, 0.25) is 0 Å². The van der Waals surface area contributed by atoms with E-state index < -0.39 is 6.43 Å². The highest BCUT2D eigenvalue weighted by atomic mass is 19.3. The van der Waals surface area contributed by atoms with E-state index in [0.29, 0.717) is 18.4 Å². The molecule has 15 heavy (non-hydrogen) atoms. The first-order valence-corrected chi connectivity index (χ1v) is 4.72. The highest BCUT2D eigenvalue weighted by Crippen LogP contribution is 2.27. The number of hydrogen-bond donors (Lipinski definition) is 0. The third-order valence-electron chi connectivity index (χ3n) is 2.58. The van der Waals surface area contributed by atoms with Crippen molar-refractivity contribution in [1.82, 2.24) is 0 Å². The van der Waals surface area contributed by atoms with Gasteiger partial charge in [0.05, 0.1) is 11.6 Å². The molecule has 0 aromatic heterocycles. The summed E-state index contributed by atoms with van der Waals surface area (Å²) in [6, 6.07) is 7.20. The molecule has 1 aliphatic carbocycles. The van der Waals surface area contributed by atoms with Crippen molar-refractivity contribution in [2.75, 3.05) is 0 Å². The Labute approximate surface area is 86.6 Å². The van der Waals surface area contributed by atoms with Gasteiger partial charge in [-0.15, -0.1) is 0 Å². The number of alkyl halides is 2. The summed E-state index contributed by atoms with van der Waals surface area (Å²) in [4.78, 5) is 0. The molecular formula is C12H9F2N. The molecule has 0 heterocycles. The van der Waals surface area contributed by atoms with E-state index in [9.17, 15) is 8.78 Å². The minimum atomic E-state index is -2.37. The lowest BCUT2D eigenvalue weighted by Gasteiger charge is -2.15. The van der Waals surface area contributed by atoms with Crippen LogP contribution in [0.1, 0.15) is 23.1 Å². The molecule has 1 aliphatic rings. The first kappa shape index (κ1) is 9.85. The van der Waals surface area contributed by atoms with E-state index in [1.54, 1.807) is 18.2 Å². The van der Waals surface area contributed by atoms with Gasteiger partial charge in [0.1, 0.15) is 0 Å². The van der Waals surface area contributed by atoms with Crippen molar-refractivity contribution >= 4 is 6.08 Å². The molecule has 2 rings (SSSR count). The van der Waals surface area contributed by atoms with Crippen molar-refractivity contribution < 1.29 is 8.78 Å². The second-order valence-corrected chi connectivity index (χ2v) is 3.55. The molecule has 0 radical (unpaired) electrons. The second-order valence-electron chi connectivity index (χ2n) is 3.55. The van der Waals surface area contributed by atoms with Crippen molar-refractivity contribution in [2.24, 2.45) is 0 Å². The summed E-state index contributed by atoms with van der Waals surface area (Å²) in [5.74, 6) is 0. The number of aryl methyl sites for hydroxylation is 1. The Bertz CT molecular complexity index is 455. The van der Waals surface area contributed by atoms with Crippen LogP contribution in [0.4, 0.5) is 8.78 Å². The molecule has 76 valence electrons. The topological polar surface area (TPSA) is 23.8 Å². The normalized spacial score (nSPS) is 14.4. The molecule has 0 unspecified atom stereocenters. The van der Waals surface area contributed by atoms with Crippen molar-refractivity contribution in [3.8, 4) is 6.07 Å².